The number of hydrogen-bond donors (Lipinski definition) is 2. The molecular formula is C13H19N5O2. The summed E-state index contributed by atoms with van der Waals surface area (Å²) >= 11 is 0. The average Bonchev–Trinajstić information content (AvgIpc) is 2.81. The molecule has 2 rings (SSSR count). The van der Waals surface area contributed by atoms with Gasteiger partial charge in [-0.05, 0) is 32.8 Å². The van der Waals surface area contributed by atoms with E-state index in [1.54, 1.807) is 4.52 Å². The smallest absolute Gasteiger partial charge is 0.291 e. The lowest BCUT2D eigenvalue weighted by Crippen LogP contribution is -2.38. The summed E-state index contributed by atoms with van der Waals surface area (Å²) in [6.45, 7) is 7.46. The molecule has 2 aromatic heterocycles. The van der Waals surface area contributed by atoms with Crippen LogP contribution in [0, 0.1) is 19.8 Å². The van der Waals surface area contributed by atoms with E-state index in [-0.39, 0.29) is 30.3 Å². The van der Waals surface area contributed by atoms with Crippen LogP contribution in [0.3, 0.4) is 0 Å². The standard InChI is InChI=1S/C13H19N5O2/c1-7(6-19)10(4)15-12(20)11-16-13-14-8(2)5-9(3)18(13)17-11/h5,7,10,19H,6H2,1-4H3,(H,15,20). The third kappa shape index (κ3) is 2.77. The fourth-order valence-electron chi connectivity index (χ4n) is 1.83. The first kappa shape index (κ1) is 14.4. The van der Waals surface area contributed by atoms with Crippen LogP contribution in [0.15, 0.2) is 6.07 Å². The van der Waals surface area contributed by atoms with E-state index in [4.69, 9.17) is 5.11 Å². The zero-order valence-corrected chi connectivity index (χ0v) is 12.1. The molecule has 0 aliphatic carbocycles. The number of aliphatic hydroxyl groups is 1. The molecule has 2 N–H and O–H groups in total. The largest absolute Gasteiger partial charge is 0.396 e. The third-order valence-corrected chi connectivity index (χ3v) is 3.32. The van der Waals surface area contributed by atoms with Crippen molar-refractivity contribution in [1.29, 1.82) is 0 Å². The van der Waals surface area contributed by atoms with Crippen LogP contribution in [0.25, 0.3) is 5.78 Å². The summed E-state index contributed by atoms with van der Waals surface area (Å²) in [5.74, 6) is 0.108. The zero-order valence-electron chi connectivity index (χ0n) is 12.1. The van der Waals surface area contributed by atoms with Crippen molar-refractivity contribution in [2.24, 2.45) is 5.92 Å². The topological polar surface area (TPSA) is 92.4 Å². The van der Waals surface area contributed by atoms with E-state index in [0.717, 1.165) is 11.4 Å². The number of hydrogen-bond acceptors (Lipinski definition) is 5. The molecule has 0 bridgehead atoms. The summed E-state index contributed by atoms with van der Waals surface area (Å²) in [7, 11) is 0. The van der Waals surface area contributed by atoms with E-state index in [0.29, 0.717) is 5.78 Å². The van der Waals surface area contributed by atoms with Crippen LogP contribution < -0.4 is 5.32 Å². The molecule has 20 heavy (non-hydrogen) atoms. The van der Waals surface area contributed by atoms with Gasteiger partial charge >= 0.3 is 0 Å². The number of nitrogens with zero attached hydrogens (tertiary/aromatic N) is 4. The van der Waals surface area contributed by atoms with Crippen molar-refractivity contribution in [2.45, 2.75) is 33.7 Å². The Labute approximate surface area is 117 Å². The quantitative estimate of drug-likeness (QED) is 0.848. The first-order chi connectivity index (χ1) is 9.42. The van der Waals surface area contributed by atoms with Gasteiger partial charge in [0.1, 0.15) is 0 Å². The average molecular weight is 277 g/mol. The van der Waals surface area contributed by atoms with Crippen LogP contribution in [0.4, 0.5) is 0 Å². The van der Waals surface area contributed by atoms with E-state index in [1.165, 1.54) is 0 Å². The molecule has 108 valence electrons. The van der Waals surface area contributed by atoms with Gasteiger partial charge in [-0.25, -0.2) is 9.50 Å². The van der Waals surface area contributed by atoms with Gasteiger partial charge in [-0.1, -0.05) is 6.92 Å². The molecule has 0 radical (unpaired) electrons. The molecule has 7 nitrogen and oxygen atoms in total. The number of aryl methyl sites for hydroxylation is 2. The maximum atomic E-state index is 12.1. The minimum absolute atomic E-state index is 0.0138. The zero-order chi connectivity index (χ0) is 14.9. The molecule has 0 aliphatic heterocycles. The Kier molecular flexibility index (Phi) is 3.99. The van der Waals surface area contributed by atoms with Crippen LogP contribution in [0.5, 0.6) is 0 Å². The second-order valence-electron chi connectivity index (χ2n) is 5.11. The second-order valence-corrected chi connectivity index (χ2v) is 5.11. The molecule has 1 amide bonds. The summed E-state index contributed by atoms with van der Waals surface area (Å²) in [5.41, 5.74) is 1.70. The number of amides is 1. The molecule has 0 fully saturated rings. The van der Waals surface area contributed by atoms with Crippen LogP contribution >= 0.6 is 0 Å². The lowest BCUT2D eigenvalue weighted by Gasteiger charge is -2.17. The summed E-state index contributed by atoms with van der Waals surface area (Å²) < 4.78 is 1.54. The summed E-state index contributed by atoms with van der Waals surface area (Å²) in [4.78, 5) is 20.5. The van der Waals surface area contributed by atoms with Gasteiger partial charge in [-0.3, -0.25) is 4.79 Å². The Morgan fingerprint density at radius 3 is 2.75 bits per heavy atom. The van der Waals surface area contributed by atoms with Gasteiger partial charge in [0.25, 0.3) is 11.7 Å². The number of fused-ring (bicyclic) bond motifs is 1. The first-order valence-electron chi connectivity index (χ1n) is 6.55. The van der Waals surface area contributed by atoms with Crippen LogP contribution in [0.1, 0.15) is 35.9 Å². The van der Waals surface area contributed by atoms with Crippen molar-refractivity contribution in [1.82, 2.24) is 24.9 Å². The summed E-state index contributed by atoms with van der Waals surface area (Å²) in [6, 6.07) is 1.72. The number of carbonyl (C=O) groups is 1. The van der Waals surface area contributed by atoms with E-state index < -0.39 is 0 Å². The van der Waals surface area contributed by atoms with Gasteiger partial charge < -0.3 is 10.4 Å². The Bertz CT molecular complexity index is 637. The van der Waals surface area contributed by atoms with Gasteiger partial charge in [0, 0.05) is 24.0 Å². The molecule has 2 atom stereocenters. The maximum absolute atomic E-state index is 12.1. The highest BCUT2D eigenvalue weighted by Crippen LogP contribution is 2.06. The van der Waals surface area contributed by atoms with E-state index in [2.05, 4.69) is 20.4 Å². The number of nitrogens with one attached hydrogen (secondary N) is 1. The third-order valence-electron chi connectivity index (χ3n) is 3.32. The molecule has 0 saturated carbocycles. The van der Waals surface area contributed by atoms with E-state index in [9.17, 15) is 4.79 Å². The number of carbonyl (C=O) groups excluding carboxylic acids is 1. The minimum atomic E-state index is -0.361. The second kappa shape index (κ2) is 5.54. The monoisotopic (exact) mass is 277 g/mol. The summed E-state index contributed by atoms with van der Waals surface area (Å²) in [6.07, 6.45) is 0. The maximum Gasteiger partial charge on any atom is 0.291 e. The first-order valence-corrected chi connectivity index (χ1v) is 6.55. The molecule has 0 spiro atoms. The van der Waals surface area contributed by atoms with Crippen molar-refractivity contribution in [2.75, 3.05) is 6.61 Å². The molecule has 0 aliphatic rings. The lowest BCUT2D eigenvalue weighted by molar-refractivity contribution is 0.0906. The van der Waals surface area contributed by atoms with Gasteiger partial charge in [-0.15, -0.1) is 5.10 Å². The fourth-order valence-corrected chi connectivity index (χ4v) is 1.83. The van der Waals surface area contributed by atoms with Crippen molar-refractivity contribution in [3.63, 3.8) is 0 Å². The number of rotatable bonds is 4. The summed E-state index contributed by atoms with van der Waals surface area (Å²) in [5, 5.41) is 16.0. The van der Waals surface area contributed by atoms with E-state index >= 15 is 0 Å². The highest BCUT2D eigenvalue weighted by molar-refractivity contribution is 5.91. The Balaban J connectivity index is 2.25. The predicted octanol–water partition coefficient (Wildman–Crippen LogP) is 0.488. The molecule has 0 aromatic carbocycles. The van der Waals surface area contributed by atoms with Gasteiger partial charge in [0.2, 0.25) is 5.82 Å². The number of aromatic nitrogens is 4. The Morgan fingerprint density at radius 1 is 1.40 bits per heavy atom. The van der Waals surface area contributed by atoms with Gasteiger partial charge in [0.15, 0.2) is 0 Å². The van der Waals surface area contributed by atoms with E-state index in [1.807, 2.05) is 33.8 Å². The molecule has 2 unspecified atom stereocenters. The minimum Gasteiger partial charge on any atom is -0.396 e. The normalized spacial score (nSPS) is 14.2. The Hall–Kier alpha value is -2.02. The predicted molar refractivity (Wildman–Crippen MR) is 73.4 cm³/mol. The SMILES string of the molecule is Cc1cc(C)n2nc(C(=O)NC(C)C(C)CO)nc2n1. The Morgan fingerprint density at radius 2 is 2.10 bits per heavy atom. The van der Waals surface area contributed by atoms with Crippen molar-refractivity contribution >= 4 is 11.7 Å². The van der Waals surface area contributed by atoms with Gasteiger partial charge in [0.05, 0.1) is 0 Å². The van der Waals surface area contributed by atoms with Crippen molar-refractivity contribution < 1.29 is 9.90 Å². The van der Waals surface area contributed by atoms with Crippen molar-refractivity contribution in [3.05, 3.63) is 23.3 Å². The van der Waals surface area contributed by atoms with Gasteiger partial charge in [-0.2, -0.15) is 4.98 Å². The lowest BCUT2D eigenvalue weighted by atomic mass is 10.1. The molecule has 7 heteroatoms. The fraction of sp³-hybridized carbons (Fsp3) is 0.538. The molecule has 0 saturated heterocycles. The van der Waals surface area contributed by atoms with Crippen LogP contribution in [0.2, 0.25) is 0 Å². The molecule has 2 aromatic rings. The van der Waals surface area contributed by atoms with Crippen LogP contribution in [-0.2, 0) is 0 Å². The highest BCUT2D eigenvalue weighted by atomic mass is 16.3. The van der Waals surface area contributed by atoms with Crippen molar-refractivity contribution in [3.8, 4) is 0 Å². The molecular weight excluding hydrogens is 258 g/mol. The van der Waals surface area contributed by atoms with Crippen LogP contribution in [-0.4, -0.2) is 43.2 Å². The molecule has 2 heterocycles. The number of aliphatic hydroxyl groups excluding tert-OH is 1. The highest BCUT2D eigenvalue weighted by Gasteiger charge is 2.19.